The Bertz CT molecular complexity index is 1280. The van der Waals surface area contributed by atoms with Crippen LogP contribution in [0.15, 0.2) is 40.3 Å². The van der Waals surface area contributed by atoms with E-state index in [0.29, 0.717) is 30.3 Å². The Morgan fingerprint density at radius 3 is 2.54 bits per heavy atom. The van der Waals surface area contributed by atoms with Crippen LogP contribution in [0.1, 0.15) is 37.6 Å². The van der Waals surface area contributed by atoms with Crippen molar-refractivity contribution in [1.82, 2.24) is 9.88 Å². The molecule has 3 aliphatic heterocycles. The van der Waals surface area contributed by atoms with Crippen molar-refractivity contribution in [3.63, 3.8) is 0 Å². The standard InChI is InChI=1S/C27H35N5O4S/c1-16-5-8-20-22(28)23(24(29)33)37(25(20)30-16)19-13-17-6-7-18(14-21(17)35-15-19)31-9-11-32(12-10-31)26(34)36-27(2,3)4/h5-8,14,19,37H,9-13,15,28H2,1-4H3,(H2,29,33)/t19-/m0/s1. The Morgan fingerprint density at radius 2 is 1.86 bits per heavy atom. The van der Waals surface area contributed by atoms with Gasteiger partial charge in [-0.2, -0.15) is 10.9 Å². The predicted octanol–water partition coefficient (Wildman–Crippen LogP) is 2.94. The maximum absolute atomic E-state index is 12.4. The van der Waals surface area contributed by atoms with E-state index in [1.165, 1.54) is 0 Å². The molecule has 0 aliphatic carbocycles. The zero-order chi connectivity index (χ0) is 26.5. The van der Waals surface area contributed by atoms with E-state index in [1.54, 1.807) is 4.90 Å². The van der Waals surface area contributed by atoms with E-state index >= 15 is 0 Å². The van der Waals surface area contributed by atoms with Gasteiger partial charge in [-0.3, -0.25) is 4.79 Å². The van der Waals surface area contributed by atoms with Gasteiger partial charge in [0.25, 0.3) is 5.91 Å². The summed E-state index contributed by atoms with van der Waals surface area (Å²) in [6.45, 7) is 10.7. The number of benzene rings is 1. The first kappa shape index (κ1) is 25.3. The van der Waals surface area contributed by atoms with Gasteiger partial charge in [0.2, 0.25) is 0 Å². The topological polar surface area (TPSA) is 124 Å². The van der Waals surface area contributed by atoms with E-state index in [-0.39, 0.29) is 11.3 Å². The summed E-state index contributed by atoms with van der Waals surface area (Å²) in [5, 5.41) is 0.931. The number of anilines is 1. The van der Waals surface area contributed by atoms with Gasteiger partial charge in [-0.05, 0) is 57.9 Å². The highest BCUT2D eigenvalue weighted by molar-refractivity contribution is 8.22. The number of hydrogen-bond acceptors (Lipinski definition) is 7. The minimum absolute atomic E-state index is 0.0577. The summed E-state index contributed by atoms with van der Waals surface area (Å²) >= 11 is 0. The van der Waals surface area contributed by atoms with Crippen molar-refractivity contribution in [3.8, 4) is 5.75 Å². The summed E-state index contributed by atoms with van der Waals surface area (Å²) in [6, 6.07) is 10.1. The lowest BCUT2D eigenvalue weighted by Gasteiger charge is -2.37. The van der Waals surface area contributed by atoms with E-state index in [9.17, 15) is 9.59 Å². The number of rotatable bonds is 3. The largest absolute Gasteiger partial charge is 0.492 e. The van der Waals surface area contributed by atoms with Crippen LogP contribution in [-0.2, 0) is 16.0 Å². The van der Waals surface area contributed by atoms with E-state index < -0.39 is 22.4 Å². The third kappa shape index (κ3) is 4.94. The number of carbonyl (C=O) groups excluding carboxylic acids is 2. The van der Waals surface area contributed by atoms with E-state index in [0.717, 1.165) is 52.8 Å². The molecule has 4 heterocycles. The molecule has 37 heavy (non-hydrogen) atoms. The van der Waals surface area contributed by atoms with Gasteiger partial charge in [0.15, 0.2) is 0 Å². The fourth-order valence-corrected chi connectivity index (χ4v) is 7.95. The number of piperazine rings is 1. The van der Waals surface area contributed by atoms with Crippen molar-refractivity contribution in [3.05, 3.63) is 52.1 Å². The lowest BCUT2D eigenvalue weighted by atomic mass is 10.0. The van der Waals surface area contributed by atoms with Crippen molar-refractivity contribution >= 4 is 34.3 Å². The molecule has 0 spiro atoms. The molecule has 5 rings (SSSR count). The van der Waals surface area contributed by atoms with Crippen molar-refractivity contribution in [2.45, 2.75) is 50.0 Å². The molecule has 1 aromatic carbocycles. The first-order chi connectivity index (χ1) is 17.5. The average Bonchev–Trinajstić information content (AvgIpc) is 3.14. The van der Waals surface area contributed by atoms with Crippen molar-refractivity contribution in [2.24, 2.45) is 11.5 Å². The number of nitrogens with zero attached hydrogens (tertiary/aromatic N) is 3. The number of nitrogens with two attached hydrogens (primary N) is 2. The monoisotopic (exact) mass is 525 g/mol. The fraction of sp³-hybridized carbons (Fsp3) is 0.444. The van der Waals surface area contributed by atoms with Crippen molar-refractivity contribution in [2.75, 3.05) is 37.7 Å². The molecule has 2 aromatic rings. The molecule has 0 saturated carbocycles. The highest BCUT2D eigenvalue weighted by atomic mass is 32.2. The number of thiol groups is 1. The molecule has 9 nitrogen and oxygen atoms in total. The number of amides is 2. The lowest BCUT2D eigenvalue weighted by Crippen LogP contribution is -2.50. The predicted molar refractivity (Wildman–Crippen MR) is 146 cm³/mol. The summed E-state index contributed by atoms with van der Waals surface area (Å²) in [5.41, 5.74) is 16.0. The zero-order valence-electron chi connectivity index (χ0n) is 21.8. The lowest BCUT2D eigenvalue weighted by molar-refractivity contribution is -0.113. The molecular weight excluding hydrogens is 490 g/mol. The molecule has 1 unspecified atom stereocenters. The van der Waals surface area contributed by atoms with Crippen molar-refractivity contribution in [1.29, 1.82) is 0 Å². The van der Waals surface area contributed by atoms with Crippen LogP contribution in [-0.4, -0.2) is 65.5 Å². The van der Waals surface area contributed by atoms with Crippen LogP contribution in [0.25, 0.3) is 5.70 Å². The van der Waals surface area contributed by atoms with E-state index in [1.807, 2.05) is 39.8 Å². The number of fused-ring (bicyclic) bond motifs is 2. The molecule has 4 N–H and O–H groups in total. The molecular formula is C27H35N5O4S. The number of primary amides is 1. The zero-order valence-corrected chi connectivity index (χ0v) is 22.7. The van der Waals surface area contributed by atoms with Crippen LogP contribution in [0.5, 0.6) is 5.75 Å². The summed E-state index contributed by atoms with van der Waals surface area (Å²) in [6.07, 6.45) is 0.490. The van der Waals surface area contributed by atoms with Gasteiger partial charge < -0.3 is 30.7 Å². The average molecular weight is 526 g/mol. The molecule has 3 aliphatic rings. The number of aryl methyl sites for hydroxylation is 1. The Balaban J connectivity index is 1.30. The summed E-state index contributed by atoms with van der Waals surface area (Å²) in [7, 11) is -1.12. The smallest absolute Gasteiger partial charge is 0.410 e. The Hall–Kier alpha value is -3.40. The normalized spacial score (nSPS) is 22.3. The van der Waals surface area contributed by atoms with Crippen LogP contribution in [0.4, 0.5) is 10.5 Å². The maximum Gasteiger partial charge on any atom is 0.410 e. The summed E-state index contributed by atoms with van der Waals surface area (Å²) in [4.78, 5) is 34.1. The third-order valence-electron chi connectivity index (χ3n) is 6.86. The van der Waals surface area contributed by atoms with E-state index in [2.05, 4.69) is 23.1 Å². The molecule has 2 atom stereocenters. The minimum atomic E-state index is -1.12. The molecule has 1 aromatic heterocycles. The summed E-state index contributed by atoms with van der Waals surface area (Å²) < 4.78 is 11.8. The van der Waals surface area contributed by atoms with Gasteiger partial charge in [-0.15, -0.1) is 0 Å². The van der Waals surface area contributed by atoms with E-state index in [4.69, 9.17) is 25.9 Å². The van der Waals surface area contributed by atoms with Gasteiger partial charge in [-0.25, -0.2) is 9.78 Å². The van der Waals surface area contributed by atoms with Crippen LogP contribution in [0.2, 0.25) is 0 Å². The number of ether oxygens (including phenoxy) is 2. The second-order valence-electron chi connectivity index (χ2n) is 10.7. The van der Waals surface area contributed by atoms with Gasteiger partial charge in [0.05, 0.1) is 22.2 Å². The molecule has 10 heteroatoms. The fourth-order valence-electron chi connectivity index (χ4n) is 5.09. The second kappa shape index (κ2) is 9.48. The Kier molecular flexibility index (Phi) is 6.47. The van der Waals surface area contributed by atoms with Crippen LogP contribution in [0, 0.1) is 6.92 Å². The van der Waals surface area contributed by atoms with Crippen LogP contribution < -0.4 is 21.1 Å². The third-order valence-corrected chi connectivity index (χ3v) is 9.66. The van der Waals surface area contributed by atoms with Gasteiger partial charge >= 0.3 is 6.09 Å². The first-order valence-electron chi connectivity index (χ1n) is 12.6. The molecule has 0 bridgehead atoms. The molecule has 0 radical (unpaired) electrons. The Labute approximate surface area is 220 Å². The molecule has 198 valence electrons. The molecule has 1 saturated heterocycles. The van der Waals surface area contributed by atoms with Crippen LogP contribution >= 0.6 is 10.9 Å². The summed E-state index contributed by atoms with van der Waals surface area (Å²) in [5.74, 6) is 0.374. The second-order valence-corrected chi connectivity index (χ2v) is 13.1. The highest BCUT2D eigenvalue weighted by Gasteiger charge is 2.39. The number of hydrogen-bond donors (Lipinski definition) is 3. The van der Waals surface area contributed by atoms with Crippen LogP contribution in [0.3, 0.4) is 0 Å². The van der Waals surface area contributed by atoms with Gasteiger partial charge in [0.1, 0.15) is 11.4 Å². The quantitative estimate of drug-likeness (QED) is 0.527. The number of carbonyl (C=O) groups is 2. The van der Waals surface area contributed by atoms with Gasteiger partial charge in [0, 0.05) is 54.4 Å². The van der Waals surface area contributed by atoms with Gasteiger partial charge in [-0.1, -0.05) is 6.07 Å². The minimum Gasteiger partial charge on any atom is -0.492 e. The highest BCUT2D eigenvalue weighted by Crippen LogP contribution is 2.57. The Morgan fingerprint density at radius 1 is 1.14 bits per heavy atom. The maximum atomic E-state index is 12.4. The number of aromatic nitrogens is 1. The first-order valence-corrected chi connectivity index (χ1v) is 14.0. The van der Waals surface area contributed by atoms with Crippen molar-refractivity contribution < 1.29 is 19.1 Å². The SMILES string of the molecule is Cc1ccc2c(n1)[SH]([C@@H]1COc3cc(N4CCN(C(=O)OC(C)(C)C)CC4)ccc3C1)C(C(N)=O)=C2N. The molecule has 1 fully saturated rings. The molecule has 2 amide bonds. The number of pyridine rings is 1.